The fraction of sp³-hybridized carbons (Fsp3) is 0.222. The second-order valence-electron chi connectivity index (χ2n) is 6.11. The van der Waals surface area contributed by atoms with Gasteiger partial charge in [-0.25, -0.2) is 17.9 Å². The Morgan fingerprint density at radius 2 is 1.90 bits per heavy atom. The minimum atomic E-state index is -4.13. The van der Waals surface area contributed by atoms with Crippen LogP contribution in [-0.2, 0) is 20.0 Å². The third-order valence-corrected chi connectivity index (χ3v) is 9.05. The lowest BCUT2D eigenvalue weighted by Gasteiger charge is -2.30. The average molecular weight is 506 g/mol. The van der Waals surface area contributed by atoms with Gasteiger partial charge in [0.25, 0.3) is 10.0 Å². The van der Waals surface area contributed by atoms with Gasteiger partial charge in [0.15, 0.2) is 11.5 Å². The second kappa shape index (κ2) is 9.47. The van der Waals surface area contributed by atoms with E-state index in [4.69, 9.17) is 21.0 Å². The molecule has 168 valence electrons. The fourth-order valence-electron chi connectivity index (χ4n) is 2.92. The number of ether oxygens (including phenoxy) is 2. The van der Waals surface area contributed by atoms with Crippen LogP contribution in [0.15, 0.2) is 38.4 Å². The molecule has 1 aliphatic heterocycles. The molecule has 3 N–H and O–H groups in total. The molecule has 1 aromatic heterocycles. The van der Waals surface area contributed by atoms with E-state index in [1.54, 1.807) is 18.2 Å². The van der Waals surface area contributed by atoms with Gasteiger partial charge in [-0.1, -0.05) is 5.92 Å². The van der Waals surface area contributed by atoms with Gasteiger partial charge in [-0.2, -0.15) is 8.42 Å². The van der Waals surface area contributed by atoms with E-state index in [0.717, 1.165) is 4.31 Å². The van der Waals surface area contributed by atoms with E-state index in [1.165, 1.54) is 26.4 Å². The lowest BCUT2D eigenvalue weighted by Crippen LogP contribution is -2.37. The van der Waals surface area contributed by atoms with Gasteiger partial charge in [0.1, 0.15) is 8.42 Å². The molecule has 0 atom stereocenters. The van der Waals surface area contributed by atoms with Gasteiger partial charge in [-0.05, 0) is 24.3 Å². The summed E-state index contributed by atoms with van der Waals surface area (Å²) in [5.41, 5.74) is 0.889. The molecule has 0 fully saturated rings. The Labute approximate surface area is 191 Å². The van der Waals surface area contributed by atoms with E-state index in [1.807, 2.05) is 0 Å². The number of anilines is 1. The maximum atomic E-state index is 13.5. The first kappa shape index (κ1) is 25.0. The van der Waals surface area contributed by atoms with Gasteiger partial charge in [0.05, 0.1) is 26.5 Å². The van der Waals surface area contributed by atoms with Gasteiger partial charge >= 0.3 is 0 Å². The maximum absolute atomic E-state index is 13.5. The van der Waals surface area contributed by atoms with Crippen LogP contribution < -0.4 is 24.2 Å². The number of nitrogens with two attached hydrogens (primary N) is 1. The molecule has 9 nitrogen and oxygen atoms in total. The molecule has 0 saturated carbocycles. The first-order valence-corrected chi connectivity index (χ1v) is 12.2. The largest absolute Gasteiger partial charge is 0.493 e. The highest BCUT2D eigenvalue weighted by Gasteiger charge is 2.37. The van der Waals surface area contributed by atoms with Crippen LogP contribution in [0.2, 0.25) is 0 Å². The number of nitrogens with zero attached hydrogens (tertiary/aromatic N) is 1. The van der Waals surface area contributed by atoms with Crippen molar-refractivity contribution < 1.29 is 26.3 Å². The van der Waals surface area contributed by atoms with Crippen LogP contribution in [0.3, 0.4) is 0 Å². The number of nitrogens with one attached hydrogen (secondary N) is 1. The Balaban J connectivity index is 0.00000341. The molecule has 0 amide bonds. The van der Waals surface area contributed by atoms with Crippen LogP contribution in [-0.4, -0.2) is 44.1 Å². The predicted octanol–water partition coefficient (Wildman–Crippen LogP) is 1.61. The normalized spacial score (nSPS) is 14.6. The number of benzene rings is 1. The van der Waals surface area contributed by atoms with E-state index in [9.17, 15) is 16.8 Å². The van der Waals surface area contributed by atoms with Crippen molar-refractivity contribution >= 4 is 55.6 Å². The van der Waals surface area contributed by atoms with Gasteiger partial charge in [-0.15, -0.1) is 30.2 Å². The molecule has 0 spiro atoms. The van der Waals surface area contributed by atoms with Gasteiger partial charge < -0.3 is 14.8 Å². The Bertz CT molecular complexity index is 1260. The quantitative estimate of drug-likeness (QED) is 0.432. The van der Waals surface area contributed by atoms with E-state index >= 15 is 0 Å². The average Bonchev–Trinajstić information content (AvgIpc) is 3.13. The minimum Gasteiger partial charge on any atom is -0.493 e. The summed E-state index contributed by atoms with van der Waals surface area (Å²) < 4.78 is 61.7. The van der Waals surface area contributed by atoms with Crippen LogP contribution in [0, 0.1) is 12.3 Å². The molecule has 31 heavy (non-hydrogen) atoms. The molecular formula is C18H20ClN3O6S3. The maximum Gasteiger partial charge on any atom is 0.278 e. The van der Waals surface area contributed by atoms with Crippen molar-refractivity contribution in [3.63, 3.8) is 0 Å². The summed E-state index contributed by atoms with van der Waals surface area (Å²) in [7, 11) is -5.28. The van der Waals surface area contributed by atoms with Crippen LogP contribution in [0.4, 0.5) is 5.69 Å². The first-order chi connectivity index (χ1) is 14.1. The Morgan fingerprint density at radius 3 is 2.48 bits per heavy atom. The topological polar surface area (TPSA) is 128 Å². The molecule has 2 aromatic rings. The molecular weight excluding hydrogens is 486 g/mol. The van der Waals surface area contributed by atoms with Crippen LogP contribution >= 0.6 is 23.7 Å². The zero-order valence-electron chi connectivity index (χ0n) is 16.5. The number of hydrogen-bond donors (Lipinski definition) is 2. The van der Waals surface area contributed by atoms with Crippen molar-refractivity contribution in [1.82, 2.24) is 5.32 Å². The summed E-state index contributed by atoms with van der Waals surface area (Å²) in [6.45, 7) is 0.341. The summed E-state index contributed by atoms with van der Waals surface area (Å²) in [6.07, 6.45) is 6.85. The molecule has 3 rings (SSSR count). The summed E-state index contributed by atoms with van der Waals surface area (Å²) in [6, 6.07) is 5.91. The molecule has 0 saturated heterocycles. The van der Waals surface area contributed by atoms with Crippen LogP contribution in [0.5, 0.6) is 11.5 Å². The van der Waals surface area contributed by atoms with Gasteiger partial charge in [0, 0.05) is 23.9 Å². The number of halogens is 1. The summed E-state index contributed by atoms with van der Waals surface area (Å²) in [5.74, 6) is 3.19. The van der Waals surface area contributed by atoms with Crippen LogP contribution in [0.25, 0.3) is 6.08 Å². The Hall–Kier alpha value is -2.27. The van der Waals surface area contributed by atoms with Crippen molar-refractivity contribution in [2.24, 2.45) is 5.14 Å². The second-order valence-corrected chi connectivity index (χ2v) is 10.9. The molecule has 0 aliphatic carbocycles. The summed E-state index contributed by atoms with van der Waals surface area (Å²) in [4.78, 5) is 0. The smallest absolute Gasteiger partial charge is 0.278 e. The van der Waals surface area contributed by atoms with Crippen molar-refractivity contribution in [1.29, 1.82) is 0 Å². The monoisotopic (exact) mass is 505 g/mol. The molecule has 13 heteroatoms. The minimum absolute atomic E-state index is 0. The number of primary sulfonamides is 1. The zero-order chi connectivity index (χ0) is 22.1. The standard InChI is InChI=1S/C18H19N3O6S3.ClH/c1-4-7-20-11-14-8-12-9-17(29(19,22)23)28-18(12)30(24,25)21(14)13-5-6-15(26-2)16(10-13)27-3;/h1,5-6,8-10,20H,7,11H2,2-3H3,(H2,19,22,23);1H. The van der Waals surface area contributed by atoms with Crippen molar-refractivity contribution in [2.45, 2.75) is 8.42 Å². The molecule has 1 aromatic carbocycles. The molecule has 2 heterocycles. The third kappa shape index (κ3) is 4.82. The number of methoxy groups -OCH3 is 2. The molecule has 0 bridgehead atoms. The highest BCUT2D eigenvalue weighted by atomic mass is 35.5. The number of hydrogen-bond acceptors (Lipinski definition) is 8. The lowest BCUT2D eigenvalue weighted by molar-refractivity contribution is 0.355. The number of fused-ring (bicyclic) bond motifs is 1. The van der Waals surface area contributed by atoms with E-state index in [-0.39, 0.29) is 45.2 Å². The lowest BCUT2D eigenvalue weighted by atomic mass is 10.2. The van der Waals surface area contributed by atoms with E-state index in [2.05, 4.69) is 11.2 Å². The fourth-order valence-corrected chi connectivity index (χ4v) is 7.01. The van der Waals surface area contributed by atoms with E-state index in [0.29, 0.717) is 28.5 Å². The van der Waals surface area contributed by atoms with Crippen molar-refractivity contribution in [3.05, 3.63) is 35.5 Å². The Morgan fingerprint density at radius 1 is 1.23 bits per heavy atom. The molecule has 0 unspecified atom stereocenters. The third-order valence-electron chi connectivity index (χ3n) is 4.18. The number of thiophene rings is 1. The first-order valence-electron chi connectivity index (χ1n) is 8.42. The zero-order valence-corrected chi connectivity index (χ0v) is 19.8. The summed E-state index contributed by atoms with van der Waals surface area (Å²) in [5, 5.41) is 8.15. The summed E-state index contributed by atoms with van der Waals surface area (Å²) >= 11 is 0.600. The number of terminal acetylenes is 1. The number of rotatable bonds is 7. The highest BCUT2D eigenvalue weighted by Crippen LogP contribution is 2.42. The predicted molar refractivity (Wildman–Crippen MR) is 122 cm³/mol. The number of sulfonamides is 2. The van der Waals surface area contributed by atoms with Crippen LogP contribution in [0.1, 0.15) is 5.56 Å². The SMILES string of the molecule is C#CCNCC1=Cc2cc(S(N)(=O)=O)sc2S(=O)(=O)N1c1ccc(OC)c(OC)c1.Cl. The highest BCUT2D eigenvalue weighted by molar-refractivity contribution is 7.96. The van der Waals surface area contributed by atoms with Gasteiger partial charge in [-0.3, -0.25) is 0 Å². The molecule has 1 aliphatic rings. The van der Waals surface area contributed by atoms with Crippen molar-refractivity contribution in [2.75, 3.05) is 31.6 Å². The Kier molecular flexibility index (Phi) is 7.64. The van der Waals surface area contributed by atoms with Crippen molar-refractivity contribution in [3.8, 4) is 23.8 Å². The van der Waals surface area contributed by atoms with E-state index < -0.39 is 20.0 Å². The van der Waals surface area contributed by atoms with Gasteiger partial charge in [0.2, 0.25) is 10.0 Å². The molecule has 0 radical (unpaired) electrons.